The molecule has 0 aliphatic carbocycles. The summed E-state index contributed by atoms with van der Waals surface area (Å²) in [5, 5.41) is 0. The zero-order chi connectivity index (χ0) is 15.8. The first-order chi connectivity index (χ1) is 10.2. The molecule has 0 saturated carbocycles. The summed E-state index contributed by atoms with van der Waals surface area (Å²) in [6.07, 6.45) is 0. The summed E-state index contributed by atoms with van der Waals surface area (Å²) >= 11 is 0. The summed E-state index contributed by atoms with van der Waals surface area (Å²) in [5.74, 6) is 0. The van der Waals surface area contributed by atoms with Crippen molar-refractivity contribution in [3.63, 3.8) is 0 Å². The lowest BCUT2D eigenvalue weighted by Crippen LogP contribution is -2.31. The molecule has 0 aliphatic heterocycles. The van der Waals surface area contributed by atoms with Crippen molar-refractivity contribution in [1.82, 2.24) is 9.80 Å². The minimum Gasteiger partial charge on any atom is -0.383 e. The lowest BCUT2D eigenvalue weighted by molar-refractivity contribution is 0.0297. The SMILES string of the molecule is CCN(CCOC)CCOCCOCCN(C)CCOC. The van der Waals surface area contributed by atoms with Crippen LogP contribution in [0.15, 0.2) is 0 Å². The van der Waals surface area contributed by atoms with Crippen LogP contribution in [0.1, 0.15) is 6.92 Å². The molecular formula is C15H34N2O4. The Balaban J connectivity index is 3.28. The van der Waals surface area contributed by atoms with Crippen molar-refractivity contribution < 1.29 is 18.9 Å². The molecule has 0 radical (unpaired) electrons. The van der Waals surface area contributed by atoms with Gasteiger partial charge in [-0.25, -0.2) is 0 Å². The molecule has 0 aromatic rings. The first-order valence-corrected chi connectivity index (χ1v) is 7.78. The lowest BCUT2D eigenvalue weighted by Gasteiger charge is -2.19. The van der Waals surface area contributed by atoms with Crippen LogP contribution in [-0.2, 0) is 18.9 Å². The summed E-state index contributed by atoms with van der Waals surface area (Å²) in [7, 11) is 5.52. The summed E-state index contributed by atoms with van der Waals surface area (Å²) in [6.45, 7) is 11.3. The average molecular weight is 306 g/mol. The molecule has 128 valence electrons. The van der Waals surface area contributed by atoms with Crippen LogP contribution < -0.4 is 0 Å². The van der Waals surface area contributed by atoms with Crippen molar-refractivity contribution >= 4 is 0 Å². The Morgan fingerprint density at radius 2 is 1.14 bits per heavy atom. The Labute approximate surface area is 130 Å². The van der Waals surface area contributed by atoms with E-state index in [1.54, 1.807) is 14.2 Å². The molecule has 0 rings (SSSR count). The fraction of sp³-hybridized carbons (Fsp3) is 1.00. The Morgan fingerprint density at radius 1 is 0.667 bits per heavy atom. The Morgan fingerprint density at radius 3 is 1.71 bits per heavy atom. The summed E-state index contributed by atoms with van der Waals surface area (Å²) in [5.41, 5.74) is 0. The highest BCUT2D eigenvalue weighted by molar-refractivity contribution is 4.53. The van der Waals surface area contributed by atoms with Crippen LogP contribution >= 0.6 is 0 Å². The normalized spacial score (nSPS) is 11.7. The molecule has 0 aliphatic rings. The summed E-state index contributed by atoms with van der Waals surface area (Å²) in [6, 6.07) is 0. The highest BCUT2D eigenvalue weighted by Crippen LogP contribution is 1.89. The van der Waals surface area contributed by atoms with Gasteiger partial charge in [-0.1, -0.05) is 6.92 Å². The highest BCUT2D eigenvalue weighted by atomic mass is 16.5. The number of nitrogens with zero attached hydrogens (tertiary/aromatic N) is 2. The van der Waals surface area contributed by atoms with Crippen LogP contribution in [0.3, 0.4) is 0 Å². The van der Waals surface area contributed by atoms with Crippen molar-refractivity contribution in [3.8, 4) is 0 Å². The number of ether oxygens (including phenoxy) is 4. The molecule has 0 fully saturated rings. The molecule has 0 spiro atoms. The van der Waals surface area contributed by atoms with E-state index in [-0.39, 0.29) is 0 Å². The number of likely N-dealkylation sites (N-methyl/N-ethyl adjacent to an activating group) is 2. The average Bonchev–Trinajstić information content (AvgIpc) is 2.50. The van der Waals surface area contributed by atoms with Gasteiger partial charge in [-0.3, -0.25) is 4.90 Å². The van der Waals surface area contributed by atoms with Gasteiger partial charge in [-0.15, -0.1) is 0 Å². The van der Waals surface area contributed by atoms with Crippen molar-refractivity contribution in [2.45, 2.75) is 6.92 Å². The number of hydrogen-bond acceptors (Lipinski definition) is 6. The molecule has 0 heterocycles. The molecule has 0 unspecified atom stereocenters. The zero-order valence-corrected chi connectivity index (χ0v) is 14.3. The minimum absolute atomic E-state index is 0.655. The number of rotatable bonds is 16. The van der Waals surface area contributed by atoms with Gasteiger partial charge in [0, 0.05) is 40.4 Å². The van der Waals surface area contributed by atoms with Gasteiger partial charge in [0.1, 0.15) is 0 Å². The number of methoxy groups -OCH3 is 2. The van der Waals surface area contributed by atoms with Crippen molar-refractivity contribution in [3.05, 3.63) is 0 Å². The summed E-state index contributed by atoms with van der Waals surface area (Å²) < 4.78 is 21.2. The fourth-order valence-electron chi connectivity index (χ4n) is 1.74. The van der Waals surface area contributed by atoms with Crippen molar-refractivity contribution in [1.29, 1.82) is 0 Å². The van der Waals surface area contributed by atoms with Gasteiger partial charge in [0.2, 0.25) is 0 Å². The maximum atomic E-state index is 5.58. The molecule has 0 aromatic heterocycles. The molecule has 0 aromatic carbocycles. The third-order valence-corrected chi connectivity index (χ3v) is 3.28. The van der Waals surface area contributed by atoms with Crippen LogP contribution in [-0.4, -0.2) is 103 Å². The standard InChI is InChI=1S/C15H34N2O4/c1-5-17(8-11-19-4)9-13-21-15-14-20-12-7-16(2)6-10-18-3/h5-15H2,1-4H3. The molecule has 6 heteroatoms. The lowest BCUT2D eigenvalue weighted by atomic mass is 10.5. The predicted octanol–water partition coefficient (Wildman–Crippen LogP) is 0.566. The van der Waals surface area contributed by atoms with Gasteiger partial charge in [-0.2, -0.15) is 0 Å². The molecule has 0 bridgehead atoms. The van der Waals surface area contributed by atoms with Gasteiger partial charge in [0.15, 0.2) is 0 Å². The van der Waals surface area contributed by atoms with Crippen LogP contribution in [0.2, 0.25) is 0 Å². The van der Waals surface area contributed by atoms with E-state index in [4.69, 9.17) is 18.9 Å². The molecule has 0 saturated heterocycles. The number of hydrogen-bond donors (Lipinski definition) is 0. The maximum absolute atomic E-state index is 5.58. The minimum atomic E-state index is 0.655. The first-order valence-electron chi connectivity index (χ1n) is 7.78. The molecular weight excluding hydrogens is 272 g/mol. The van der Waals surface area contributed by atoms with Crippen LogP contribution in [0, 0.1) is 0 Å². The van der Waals surface area contributed by atoms with Crippen molar-refractivity contribution in [2.75, 3.05) is 93.6 Å². The Hall–Kier alpha value is -0.240. The zero-order valence-electron chi connectivity index (χ0n) is 14.3. The van der Waals surface area contributed by atoms with E-state index in [0.717, 1.165) is 59.2 Å². The van der Waals surface area contributed by atoms with Crippen LogP contribution in [0.4, 0.5) is 0 Å². The molecule has 21 heavy (non-hydrogen) atoms. The second-order valence-electron chi connectivity index (χ2n) is 4.95. The highest BCUT2D eigenvalue weighted by Gasteiger charge is 2.01. The second kappa shape index (κ2) is 16.1. The van der Waals surface area contributed by atoms with Gasteiger partial charge < -0.3 is 23.8 Å². The predicted molar refractivity (Wildman–Crippen MR) is 85.0 cm³/mol. The van der Waals surface area contributed by atoms with E-state index >= 15 is 0 Å². The van der Waals surface area contributed by atoms with Crippen LogP contribution in [0.5, 0.6) is 0 Å². The van der Waals surface area contributed by atoms with E-state index < -0.39 is 0 Å². The third kappa shape index (κ3) is 14.5. The smallest absolute Gasteiger partial charge is 0.0701 e. The maximum Gasteiger partial charge on any atom is 0.0701 e. The molecule has 0 amide bonds. The largest absolute Gasteiger partial charge is 0.383 e. The molecule has 6 nitrogen and oxygen atoms in total. The van der Waals surface area contributed by atoms with Gasteiger partial charge in [-0.05, 0) is 13.6 Å². The van der Waals surface area contributed by atoms with Gasteiger partial charge in [0.25, 0.3) is 0 Å². The first kappa shape index (κ1) is 20.8. The monoisotopic (exact) mass is 306 g/mol. The van der Waals surface area contributed by atoms with Crippen molar-refractivity contribution in [2.24, 2.45) is 0 Å². The Bertz CT molecular complexity index is 208. The fourth-order valence-corrected chi connectivity index (χ4v) is 1.74. The topological polar surface area (TPSA) is 43.4 Å². The van der Waals surface area contributed by atoms with Gasteiger partial charge >= 0.3 is 0 Å². The second-order valence-corrected chi connectivity index (χ2v) is 4.95. The van der Waals surface area contributed by atoms with E-state index in [9.17, 15) is 0 Å². The van der Waals surface area contributed by atoms with E-state index in [1.807, 2.05) is 0 Å². The van der Waals surface area contributed by atoms with E-state index in [0.29, 0.717) is 13.2 Å². The Kier molecular flexibility index (Phi) is 16.0. The quantitative estimate of drug-likeness (QED) is 0.388. The summed E-state index contributed by atoms with van der Waals surface area (Å²) in [4.78, 5) is 4.51. The van der Waals surface area contributed by atoms with E-state index in [2.05, 4.69) is 23.8 Å². The molecule has 0 N–H and O–H groups in total. The van der Waals surface area contributed by atoms with Gasteiger partial charge in [0.05, 0.1) is 39.6 Å². The van der Waals surface area contributed by atoms with E-state index in [1.165, 1.54) is 0 Å². The third-order valence-electron chi connectivity index (χ3n) is 3.28. The van der Waals surface area contributed by atoms with Crippen LogP contribution in [0.25, 0.3) is 0 Å². The molecule has 0 atom stereocenters.